The van der Waals surface area contributed by atoms with E-state index < -0.39 is 5.91 Å². The quantitative estimate of drug-likeness (QED) is 0.420. The lowest BCUT2D eigenvalue weighted by molar-refractivity contribution is 0.1000. The van der Waals surface area contributed by atoms with Gasteiger partial charge in [0.2, 0.25) is 0 Å². The standard InChI is InChI=1S/C25H29ClN2O2/c1-3-4-5-6-22-24(19-9-11-20(26)12-10-19)23(25(27)30)17(2)28(22)16-15-18-7-13-21(29)14-8-18/h7-14,29H,3-6,15-16H2,1-2H3,(H2,27,30). The number of aromatic hydroxyl groups is 1. The highest BCUT2D eigenvalue weighted by atomic mass is 35.5. The van der Waals surface area contributed by atoms with E-state index in [9.17, 15) is 9.90 Å². The van der Waals surface area contributed by atoms with E-state index in [1.807, 2.05) is 43.3 Å². The van der Waals surface area contributed by atoms with Crippen molar-refractivity contribution in [2.75, 3.05) is 0 Å². The van der Waals surface area contributed by atoms with Gasteiger partial charge in [0.15, 0.2) is 0 Å². The molecule has 1 heterocycles. The fourth-order valence-electron chi connectivity index (χ4n) is 4.04. The number of halogens is 1. The summed E-state index contributed by atoms with van der Waals surface area (Å²) in [6.07, 6.45) is 5.00. The summed E-state index contributed by atoms with van der Waals surface area (Å²) in [5.41, 5.74) is 11.5. The number of rotatable bonds is 9. The Labute approximate surface area is 183 Å². The molecule has 0 radical (unpaired) electrons. The summed E-state index contributed by atoms with van der Waals surface area (Å²) in [5, 5.41) is 10.2. The van der Waals surface area contributed by atoms with Crippen LogP contribution in [0.4, 0.5) is 0 Å². The Morgan fingerprint density at radius 3 is 2.30 bits per heavy atom. The van der Waals surface area contributed by atoms with E-state index in [1.165, 1.54) is 0 Å². The summed E-state index contributed by atoms with van der Waals surface area (Å²) >= 11 is 6.09. The number of carbonyl (C=O) groups is 1. The molecule has 1 aromatic heterocycles. The number of nitrogens with zero attached hydrogens (tertiary/aromatic N) is 1. The minimum absolute atomic E-state index is 0.261. The Bertz CT molecular complexity index is 1010. The Morgan fingerprint density at radius 1 is 1.03 bits per heavy atom. The normalized spacial score (nSPS) is 11.0. The molecule has 4 nitrogen and oxygen atoms in total. The number of hydrogen-bond donors (Lipinski definition) is 2. The molecule has 5 heteroatoms. The van der Waals surface area contributed by atoms with Crippen LogP contribution >= 0.6 is 11.6 Å². The number of phenolic OH excluding ortho intramolecular Hbond substituents is 1. The summed E-state index contributed by atoms with van der Waals surface area (Å²) in [6, 6.07) is 14.9. The molecule has 0 saturated carbocycles. The number of amides is 1. The molecule has 0 unspecified atom stereocenters. The molecule has 0 aliphatic carbocycles. The van der Waals surface area contributed by atoms with Crippen LogP contribution in [0.2, 0.25) is 5.02 Å². The number of aromatic nitrogens is 1. The maximum atomic E-state index is 12.4. The number of carbonyl (C=O) groups excluding carboxylic acids is 1. The van der Waals surface area contributed by atoms with Crippen LogP contribution in [0.1, 0.15) is 53.5 Å². The van der Waals surface area contributed by atoms with E-state index in [2.05, 4.69) is 11.5 Å². The van der Waals surface area contributed by atoms with Gasteiger partial charge in [-0.2, -0.15) is 0 Å². The van der Waals surface area contributed by atoms with Gasteiger partial charge in [0.25, 0.3) is 5.91 Å². The van der Waals surface area contributed by atoms with Crippen molar-refractivity contribution in [1.82, 2.24) is 4.57 Å². The Hall–Kier alpha value is -2.72. The molecule has 3 N–H and O–H groups in total. The van der Waals surface area contributed by atoms with Crippen LogP contribution in [0.15, 0.2) is 48.5 Å². The molecule has 30 heavy (non-hydrogen) atoms. The lowest BCUT2D eigenvalue weighted by Crippen LogP contribution is -2.14. The predicted molar refractivity (Wildman–Crippen MR) is 123 cm³/mol. The van der Waals surface area contributed by atoms with Crippen molar-refractivity contribution in [3.63, 3.8) is 0 Å². The van der Waals surface area contributed by atoms with Gasteiger partial charge in [0.1, 0.15) is 5.75 Å². The average Bonchev–Trinajstić information content (AvgIpc) is 3.00. The van der Waals surface area contributed by atoms with Gasteiger partial charge in [-0.1, -0.05) is 55.6 Å². The monoisotopic (exact) mass is 424 g/mol. The zero-order valence-corrected chi connectivity index (χ0v) is 18.4. The maximum Gasteiger partial charge on any atom is 0.251 e. The smallest absolute Gasteiger partial charge is 0.251 e. The highest BCUT2D eigenvalue weighted by Crippen LogP contribution is 2.35. The Morgan fingerprint density at radius 2 is 1.70 bits per heavy atom. The van der Waals surface area contributed by atoms with E-state index in [1.54, 1.807) is 12.1 Å². The molecular formula is C25H29ClN2O2. The number of aryl methyl sites for hydroxylation is 1. The fraction of sp³-hybridized carbons (Fsp3) is 0.320. The summed E-state index contributed by atoms with van der Waals surface area (Å²) in [5.74, 6) is -0.144. The third kappa shape index (κ3) is 4.88. The SMILES string of the molecule is CCCCCc1c(-c2ccc(Cl)cc2)c(C(N)=O)c(C)n1CCc1ccc(O)cc1. The highest BCUT2D eigenvalue weighted by molar-refractivity contribution is 6.30. The molecule has 0 bridgehead atoms. The molecule has 0 atom stereocenters. The van der Waals surface area contributed by atoms with Crippen LogP contribution in [0, 0.1) is 6.92 Å². The summed E-state index contributed by atoms with van der Waals surface area (Å²) < 4.78 is 2.24. The van der Waals surface area contributed by atoms with Crippen LogP contribution in [-0.4, -0.2) is 15.6 Å². The predicted octanol–water partition coefficient (Wildman–Crippen LogP) is 5.90. The van der Waals surface area contributed by atoms with Crippen LogP contribution in [-0.2, 0) is 19.4 Å². The second kappa shape index (κ2) is 9.86. The molecule has 0 fully saturated rings. The van der Waals surface area contributed by atoms with Crippen molar-refractivity contribution in [2.45, 2.75) is 52.5 Å². The van der Waals surface area contributed by atoms with E-state index >= 15 is 0 Å². The molecule has 0 aliphatic heterocycles. The van der Waals surface area contributed by atoms with Crippen molar-refractivity contribution in [2.24, 2.45) is 5.73 Å². The summed E-state index contributed by atoms with van der Waals surface area (Å²) in [7, 11) is 0. The van der Waals surface area contributed by atoms with Crippen LogP contribution < -0.4 is 5.73 Å². The molecule has 0 saturated heterocycles. The maximum absolute atomic E-state index is 12.4. The van der Waals surface area contributed by atoms with Crippen molar-refractivity contribution < 1.29 is 9.90 Å². The zero-order chi connectivity index (χ0) is 21.7. The highest BCUT2D eigenvalue weighted by Gasteiger charge is 2.24. The molecule has 3 rings (SSSR count). The van der Waals surface area contributed by atoms with Gasteiger partial charge in [-0.15, -0.1) is 0 Å². The van der Waals surface area contributed by atoms with Crippen LogP contribution in [0.25, 0.3) is 11.1 Å². The first kappa shape index (κ1) is 22.0. The number of primary amides is 1. The van der Waals surface area contributed by atoms with Crippen molar-refractivity contribution in [3.05, 3.63) is 76.1 Å². The zero-order valence-electron chi connectivity index (χ0n) is 17.6. The van der Waals surface area contributed by atoms with E-state index in [0.717, 1.165) is 66.7 Å². The molecule has 3 aromatic rings. The third-order valence-electron chi connectivity index (χ3n) is 5.59. The second-order valence-corrected chi connectivity index (χ2v) is 8.11. The fourth-order valence-corrected chi connectivity index (χ4v) is 4.16. The number of phenols is 1. The van der Waals surface area contributed by atoms with Crippen LogP contribution in [0.3, 0.4) is 0 Å². The first-order valence-electron chi connectivity index (χ1n) is 10.5. The van der Waals surface area contributed by atoms with Gasteiger partial charge in [0, 0.05) is 28.5 Å². The largest absolute Gasteiger partial charge is 0.508 e. The van der Waals surface area contributed by atoms with E-state index in [-0.39, 0.29) is 5.75 Å². The molecule has 1 amide bonds. The van der Waals surface area contributed by atoms with Crippen LogP contribution in [0.5, 0.6) is 5.75 Å². The van der Waals surface area contributed by atoms with Crippen molar-refractivity contribution in [1.29, 1.82) is 0 Å². The molecule has 158 valence electrons. The van der Waals surface area contributed by atoms with E-state index in [4.69, 9.17) is 17.3 Å². The minimum Gasteiger partial charge on any atom is -0.508 e. The second-order valence-electron chi connectivity index (χ2n) is 7.68. The van der Waals surface area contributed by atoms with Gasteiger partial charge < -0.3 is 15.4 Å². The number of benzene rings is 2. The topological polar surface area (TPSA) is 68.2 Å². The van der Waals surface area contributed by atoms with Gasteiger partial charge in [-0.3, -0.25) is 4.79 Å². The number of unbranched alkanes of at least 4 members (excludes halogenated alkanes) is 2. The van der Waals surface area contributed by atoms with Crippen molar-refractivity contribution >= 4 is 17.5 Å². The lowest BCUT2D eigenvalue weighted by atomic mass is 9.97. The molecule has 0 aliphatic rings. The molecular weight excluding hydrogens is 396 g/mol. The van der Waals surface area contributed by atoms with Gasteiger partial charge in [-0.25, -0.2) is 0 Å². The first-order valence-corrected chi connectivity index (χ1v) is 10.9. The lowest BCUT2D eigenvalue weighted by Gasteiger charge is -2.14. The van der Waals surface area contributed by atoms with E-state index in [0.29, 0.717) is 10.6 Å². The Kier molecular flexibility index (Phi) is 7.22. The average molecular weight is 425 g/mol. The van der Waals surface area contributed by atoms with Gasteiger partial charge in [0.05, 0.1) is 5.56 Å². The number of nitrogens with two attached hydrogens (primary N) is 1. The molecule has 2 aromatic carbocycles. The van der Waals surface area contributed by atoms with Gasteiger partial charge in [-0.05, 0) is 61.6 Å². The summed E-state index contributed by atoms with van der Waals surface area (Å²) in [4.78, 5) is 12.4. The van der Waals surface area contributed by atoms with Gasteiger partial charge >= 0.3 is 0 Å². The number of hydrogen-bond acceptors (Lipinski definition) is 2. The minimum atomic E-state index is -0.405. The third-order valence-corrected chi connectivity index (χ3v) is 5.84. The Balaban J connectivity index is 2.06. The first-order chi connectivity index (χ1) is 14.4. The van der Waals surface area contributed by atoms with Crippen molar-refractivity contribution in [3.8, 4) is 16.9 Å². The summed E-state index contributed by atoms with van der Waals surface area (Å²) in [6.45, 7) is 4.90. The molecule has 0 spiro atoms.